The van der Waals surface area contributed by atoms with Gasteiger partial charge in [0, 0.05) is 49.2 Å². The number of fused-ring (bicyclic) bond motifs is 1. The number of imide groups is 1. The first kappa shape index (κ1) is 26.0. The Morgan fingerprint density at radius 3 is 2.53 bits per heavy atom. The van der Waals surface area contributed by atoms with E-state index in [9.17, 15) is 9.59 Å². The number of hydrogen-bond donors (Lipinski definition) is 1. The van der Waals surface area contributed by atoms with Crippen molar-refractivity contribution in [2.75, 3.05) is 6.61 Å². The minimum atomic E-state index is -1.79. The molecule has 1 N–H and O–H groups in total. The molecule has 8 nitrogen and oxygen atoms in total. The molecule has 0 unspecified atom stereocenters. The SMILES string of the molecule is CCCCn1cc(C2=C(c3ccn(CCCO[Si](C)(C)C(C)(C)C)n3)C(=O)NC2=O)c2cccnc21. The van der Waals surface area contributed by atoms with Crippen LogP contribution in [0, 0.1) is 0 Å². The first-order chi connectivity index (χ1) is 17.0. The number of nitrogens with zero attached hydrogens (tertiary/aromatic N) is 4. The molecule has 36 heavy (non-hydrogen) atoms. The first-order valence-corrected chi connectivity index (χ1v) is 15.7. The summed E-state index contributed by atoms with van der Waals surface area (Å²) >= 11 is 0. The van der Waals surface area contributed by atoms with Gasteiger partial charge in [-0.25, -0.2) is 4.98 Å². The van der Waals surface area contributed by atoms with Crippen LogP contribution in [0.2, 0.25) is 18.1 Å². The van der Waals surface area contributed by atoms with Crippen molar-refractivity contribution in [3.8, 4) is 0 Å². The number of unbranched alkanes of at least 4 members (excludes halogenated alkanes) is 1. The van der Waals surface area contributed by atoms with E-state index in [2.05, 4.69) is 60.8 Å². The number of hydrogen-bond acceptors (Lipinski definition) is 5. The first-order valence-electron chi connectivity index (χ1n) is 12.8. The van der Waals surface area contributed by atoms with E-state index in [4.69, 9.17) is 4.43 Å². The van der Waals surface area contributed by atoms with Crippen LogP contribution in [-0.2, 0) is 27.1 Å². The Bertz CT molecular complexity index is 1310. The molecule has 0 atom stereocenters. The van der Waals surface area contributed by atoms with Crippen molar-refractivity contribution >= 4 is 42.3 Å². The summed E-state index contributed by atoms with van der Waals surface area (Å²) in [5, 5.41) is 8.16. The molecule has 1 aliphatic rings. The summed E-state index contributed by atoms with van der Waals surface area (Å²) in [7, 11) is -1.79. The van der Waals surface area contributed by atoms with E-state index in [-0.39, 0.29) is 5.04 Å². The third kappa shape index (κ3) is 5.08. The van der Waals surface area contributed by atoms with Crippen LogP contribution in [0.4, 0.5) is 0 Å². The molecule has 0 radical (unpaired) electrons. The predicted molar refractivity (Wildman–Crippen MR) is 145 cm³/mol. The fourth-order valence-corrected chi connectivity index (χ4v) is 5.25. The third-order valence-electron chi connectivity index (χ3n) is 7.28. The second-order valence-corrected chi connectivity index (χ2v) is 15.7. The molecule has 0 aliphatic carbocycles. The van der Waals surface area contributed by atoms with E-state index in [0.717, 1.165) is 36.8 Å². The van der Waals surface area contributed by atoms with Crippen molar-refractivity contribution in [3.05, 3.63) is 48.0 Å². The van der Waals surface area contributed by atoms with Crippen molar-refractivity contribution in [1.29, 1.82) is 0 Å². The van der Waals surface area contributed by atoms with Gasteiger partial charge in [0.05, 0.1) is 16.8 Å². The molecule has 0 aromatic carbocycles. The number of nitrogens with one attached hydrogen (secondary N) is 1. The molecular weight excluding hydrogens is 470 g/mol. The molecule has 0 saturated heterocycles. The van der Waals surface area contributed by atoms with Gasteiger partial charge in [0.25, 0.3) is 11.8 Å². The molecule has 4 heterocycles. The molecule has 3 aromatic rings. The average Bonchev–Trinajstić information content (AvgIpc) is 3.49. The van der Waals surface area contributed by atoms with Gasteiger partial charge in [-0.15, -0.1) is 0 Å². The zero-order valence-electron chi connectivity index (χ0n) is 22.2. The zero-order chi connectivity index (χ0) is 26.1. The molecule has 0 saturated carbocycles. The van der Waals surface area contributed by atoms with Crippen LogP contribution in [0.3, 0.4) is 0 Å². The molecule has 9 heteroatoms. The molecule has 192 valence electrons. The molecule has 3 aromatic heterocycles. The Morgan fingerprint density at radius 2 is 1.81 bits per heavy atom. The Balaban J connectivity index is 1.60. The van der Waals surface area contributed by atoms with Gasteiger partial charge in [-0.1, -0.05) is 34.1 Å². The third-order valence-corrected chi connectivity index (χ3v) is 11.8. The van der Waals surface area contributed by atoms with E-state index < -0.39 is 20.1 Å². The number of aromatic nitrogens is 4. The van der Waals surface area contributed by atoms with Crippen LogP contribution in [0.15, 0.2) is 36.8 Å². The second kappa shape index (κ2) is 10.1. The van der Waals surface area contributed by atoms with E-state index in [1.165, 1.54) is 0 Å². The number of carbonyl (C=O) groups is 2. The van der Waals surface area contributed by atoms with Crippen LogP contribution < -0.4 is 5.32 Å². The lowest BCUT2D eigenvalue weighted by atomic mass is 10.00. The highest BCUT2D eigenvalue weighted by Crippen LogP contribution is 2.37. The van der Waals surface area contributed by atoms with Gasteiger partial charge < -0.3 is 8.99 Å². The van der Waals surface area contributed by atoms with Gasteiger partial charge >= 0.3 is 0 Å². The van der Waals surface area contributed by atoms with Gasteiger partial charge in [0.2, 0.25) is 0 Å². The summed E-state index contributed by atoms with van der Waals surface area (Å²) in [6.07, 6.45) is 8.42. The maximum atomic E-state index is 13.0. The summed E-state index contributed by atoms with van der Waals surface area (Å²) < 4.78 is 10.2. The Hall–Kier alpha value is -3.04. The van der Waals surface area contributed by atoms with Crippen LogP contribution in [0.1, 0.15) is 58.2 Å². The van der Waals surface area contributed by atoms with Crippen LogP contribution in [0.5, 0.6) is 0 Å². The highest BCUT2D eigenvalue weighted by molar-refractivity contribution is 6.74. The van der Waals surface area contributed by atoms with E-state index in [0.29, 0.717) is 35.6 Å². The van der Waals surface area contributed by atoms with Gasteiger partial charge in [0.15, 0.2) is 8.32 Å². The minimum Gasteiger partial charge on any atom is -0.417 e. The molecule has 1 aliphatic heterocycles. The molecular formula is C27H37N5O3Si. The molecule has 2 amide bonds. The number of carbonyl (C=O) groups excluding carboxylic acids is 2. The molecule has 4 rings (SSSR count). The quantitative estimate of drug-likeness (QED) is 0.237. The standard InChI is InChI=1S/C27H37N5O3Si/c1-7-8-14-31-18-20(19-11-9-13-28-24(19)31)22-23(26(34)29-25(22)33)21-12-16-32(30-21)15-10-17-35-36(5,6)27(2,3)4/h9,11-13,16,18H,7-8,10,14-15,17H2,1-6H3,(H,29,33,34). The van der Waals surface area contributed by atoms with E-state index in [1.54, 1.807) is 12.3 Å². The lowest BCUT2D eigenvalue weighted by Gasteiger charge is -2.36. The summed E-state index contributed by atoms with van der Waals surface area (Å²) in [5.74, 6) is -0.814. The Morgan fingerprint density at radius 1 is 1.06 bits per heavy atom. The van der Waals surface area contributed by atoms with Crippen molar-refractivity contribution in [3.63, 3.8) is 0 Å². The topological polar surface area (TPSA) is 91.0 Å². The minimum absolute atomic E-state index is 0.173. The smallest absolute Gasteiger partial charge is 0.261 e. The normalized spacial score (nSPS) is 14.8. The summed E-state index contributed by atoms with van der Waals surface area (Å²) in [6.45, 7) is 15.5. The van der Waals surface area contributed by atoms with E-state index in [1.807, 2.05) is 29.2 Å². The second-order valence-electron chi connectivity index (χ2n) is 10.9. The largest absolute Gasteiger partial charge is 0.417 e. The van der Waals surface area contributed by atoms with Crippen LogP contribution in [-0.4, -0.2) is 46.1 Å². The van der Waals surface area contributed by atoms with Crippen molar-refractivity contribution in [2.24, 2.45) is 0 Å². The van der Waals surface area contributed by atoms with Gasteiger partial charge in [0.1, 0.15) is 5.65 Å². The number of amides is 2. The molecule has 0 fully saturated rings. The fraction of sp³-hybridized carbons (Fsp3) is 0.481. The van der Waals surface area contributed by atoms with Gasteiger partial charge in [-0.05, 0) is 49.2 Å². The zero-order valence-corrected chi connectivity index (χ0v) is 23.2. The summed E-state index contributed by atoms with van der Waals surface area (Å²) in [5.41, 5.74) is 2.70. The van der Waals surface area contributed by atoms with E-state index >= 15 is 0 Å². The fourth-order valence-electron chi connectivity index (χ4n) is 4.17. The summed E-state index contributed by atoms with van der Waals surface area (Å²) in [6, 6.07) is 5.60. The number of rotatable bonds is 10. The Kier molecular flexibility index (Phi) is 7.33. The van der Waals surface area contributed by atoms with Crippen LogP contribution in [0.25, 0.3) is 22.2 Å². The van der Waals surface area contributed by atoms with Crippen molar-refractivity contribution < 1.29 is 14.0 Å². The highest BCUT2D eigenvalue weighted by Gasteiger charge is 2.37. The Labute approximate surface area is 213 Å². The van der Waals surface area contributed by atoms with Gasteiger partial charge in [-0.2, -0.15) is 5.10 Å². The predicted octanol–water partition coefficient (Wildman–Crippen LogP) is 5.01. The summed E-state index contributed by atoms with van der Waals surface area (Å²) in [4.78, 5) is 30.4. The lowest BCUT2D eigenvalue weighted by molar-refractivity contribution is -0.122. The highest BCUT2D eigenvalue weighted by atomic mass is 28.4. The number of pyridine rings is 1. The number of aryl methyl sites for hydroxylation is 2. The molecule has 0 bridgehead atoms. The maximum Gasteiger partial charge on any atom is 0.261 e. The van der Waals surface area contributed by atoms with Crippen LogP contribution >= 0.6 is 0 Å². The average molecular weight is 508 g/mol. The molecule has 0 spiro atoms. The monoisotopic (exact) mass is 507 g/mol. The van der Waals surface area contributed by atoms with Gasteiger partial charge in [-0.3, -0.25) is 19.6 Å². The van der Waals surface area contributed by atoms with Crippen molar-refractivity contribution in [1.82, 2.24) is 24.6 Å². The van der Waals surface area contributed by atoms with Crippen molar-refractivity contribution in [2.45, 2.75) is 78.2 Å². The maximum absolute atomic E-state index is 13.0. The lowest BCUT2D eigenvalue weighted by Crippen LogP contribution is -2.41.